The molecule has 5 heteroatoms. The number of carboxylic acid groups (broad SMARTS) is 1. The Hall–Kier alpha value is -1.88. The molecule has 1 rings (SSSR count). The average Bonchev–Trinajstić information content (AvgIpc) is 2.39. The van der Waals surface area contributed by atoms with Crippen LogP contribution in [0.4, 0.5) is 0 Å². The SMILES string of the molecule is CCOCCC(=O)NC(C)(C(=O)O)c1ccccc1. The third-order valence-electron chi connectivity index (χ3n) is 2.85. The van der Waals surface area contributed by atoms with Crippen LogP contribution in [0.2, 0.25) is 0 Å². The number of carbonyl (C=O) groups is 2. The number of nitrogens with one attached hydrogen (secondary N) is 1. The Morgan fingerprint density at radius 2 is 1.95 bits per heavy atom. The molecule has 1 aromatic rings. The molecule has 0 heterocycles. The van der Waals surface area contributed by atoms with E-state index in [2.05, 4.69) is 5.32 Å². The van der Waals surface area contributed by atoms with Crippen LogP contribution in [0.25, 0.3) is 0 Å². The van der Waals surface area contributed by atoms with E-state index < -0.39 is 11.5 Å². The summed E-state index contributed by atoms with van der Waals surface area (Å²) in [5, 5.41) is 11.9. The fourth-order valence-corrected chi connectivity index (χ4v) is 1.67. The molecule has 0 spiro atoms. The van der Waals surface area contributed by atoms with E-state index in [1.165, 1.54) is 6.92 Å². The van der Waals surface area contributed by atoms with Gasteiger partial charge >= 0.3 is 5.97 Å². The van der Waals surface area contributed by atoms with Crippen molar-refractivity contribution in [2.45, 2.75) is 25.8 Å². The minimum absolute atomic E-state index is 0.142. The summed E-state index contributed by atoms with van der Waals surface area (Å²) in [6.07, 6.45) is 0.142. The van der Waals surface area contributed by atoms with Gasteiger partial charge < -0.3 is 15.2 Å². The molecule has 1 atom stereocenters. The number of rotatable bonds is 7. The minimum atomic E-state index is -1.43. The zero-order valence-corrected chi connectivity index (χ0v) is 11.2. The molecule has 1 unspecified atom stereocenters. The maximum atomic E-state index is 11.8. The van der Waals surface area contributed by atoms with Crippen LogP contribution in [0.3, 0.4) is 0 Å². The number of hydrogen-bond donors (Lipinski definition) is 2. The van der Waals surface area contributed by atoms with Gasteiger partial charge in [0.05, 0.1) is 6.61 Å². The predicted molar refractivity (Wildman–Crippen MR) is 70.7 cm³/mol. The van der Waals surface area contributed by atoms with Gasteiger partial charge in [-0.1, -0.05) is 30.3 Å². The Kier molecular flexibility index (Phi) is 5.51. The van der Waals surface area contributed by atoms with E-state index in [0.717, 1.165) is 0 Å². The van der Waals surface area contributed by atoms with E-state index in [9.17, 15) is 14.7 Å². The lowest BCUT2D eigenvalue weighted by Gasteiger charge is -2.26. The van der Waals surface area contributed by atoms with E-state index in [1.807, 2.05) is 6.92 Å². The first kappa shape index (κ1) is 15.2. The van der Waals surface area contributed by atoms with E-state index in [-0.39, 0.29) is 18.9 Å². The van der Waals surface area contributed by atoms with Gasteiger partial charge in [0, 0.05) is 13.0 Å². The molecule has 0 radical (unpaired) electrons. The van der Waals surface area contributed by atoms with Gasteiger partial charge in [0.15, 0.2) is 5.54 Å². The van der Waals surface area contributed by atoms with Crippen LogP contribution in [0.1, 0.15) is 25.8 Å². The second kappa shape index (κ2) is 6.89. The highest BCUT2D eigenvalue weighted by molar-refractivity contribution is 5.87. The van der Waals surface area contributed by atoms with Crippen molar-refractivity contribution < 1.29 is 19.4 Å². The lowest BCUT2D eigenvalue weighted by molar-refractivity contribution is -0.147. The molecule has 1 aromatic carbocycles. The number of hydrogen-bond acceptors (Lipinski definition) is 3. The summed E-state index contributed by atoms with van der Waals surface area (Å²) in [7, 11) is 0. The standard InChI is InChI=1S/C14H19NO4/c1-3-19-10-9-12(16)15-14(2,13(17)18)11-7-5-4-6-8-11/h4-8H,3,9-10H2,1-2H3,(H,15,16)(H,17,18). The van der Waals surface area contributed by atoms with Gasteiger partial charge in [0.25, 0.3) is 0 Å². The average molecular weight is 265 g/mol. The maximum absolute atomic E-state index is 11.8. The topological polar surface area (TPSA) is 75.6 Å². The molecule has 2 N–H and O–H groups in total. The fraction of sp³-hybridized carbons (Fsp3) is 0.429. The zero-order valence-electron chi connectivity index (χ0n) is 11.2. The van der Waals surface area contributed by atoms with Gasteiger partial charge in [-0.05, 0) is 19.4 Å². The van der Waals surface area contributed by atoms with Crippen LogP contribution in [0.5, 0.6) is 0 Å². The molecule has 1 amide bonds. The van der Waals surface area contributed by atoms with Crippen LogP contribution in [-0.2, 0) is 19.9 Å². The quantitative estimate of drug-likeness (QED) is 0.733. The minimum Gasteiger partial charge on any atom is -0.479 e. The summed E-state index contributed by atoms with van der Waals surface area (Å²) in [5.74, 6) is -1.44. The number of amides is 1. The molecule has 0 fully saturated rings. The van der Waals surface area contributed by atoms with Gasteiger partial charge in [-0.15, -0.1) is 0 Å². The molecule has 5 nitrogen and oxygen atoms in total. The number of carbonyl (C=O) groups excluding carboxylic acids is 1. The van der Waals surface area contributed by atoms with Gasteiger partial charge in [-0.2, -0.15) is 0 Å². The number of benzene rings is 1. The Morgan fingerprint density at radius 1 is 1.32 bits per heavy atom. The fourth-order valence-electron chi connectivity index (χ4n) is 1.67. The van der Waals surface area contributed by atoms with E-state index in [0.29, 0.717) is 12.2 Å². The van der Waals surface area contributed by atoms with Crippen LogP contribution in [0, 0.1) is 0 Å². The highest BCUT2D eigenvalue weighted by Crippen LogP contribution is 2.20. The van der Waals surface area contributed by atoms with Gasteiger partial charge in [0.1, 0.15) is 0 Å². The summed E-state index contributed by atoms with van der Waals surface area (Å²) in [6, 6.07) is 8.63. The summed E-state index contributed by atoms with van der Waals surface area (Å²) in [5.41, 5.74) is -0.892. The van der Waals surface area contributed by atoms with Crippen LogP contribution in [0.15, 0.2) is 30.3 Å². The number of ether oxygens (including phenoxy) is 1. The Balaban J connectivity index is 2.78. The lowest BCUT2D eigenvalue weighted by atomic mass is 9.92. The van der Waals surface area contributed by atoms with Gasteiger partial charge in [-0.25, -0.2) is 4.79 Å². The third kappa shape index (κ3) is 4.06. The van der Waals surface area contributed by atoms with Crippen molar-refractivity contribution in [2.24, 2.45) is 0 Å². The van der Waals surface area contributed by atoms with Crippen molar-refractivity contribution >= 4 is 11.9 Å². The largest absolute Gasteiger partial charge is 0.479 e. The zero-order chi connectivity index (χ0) is 14.3. The highest BCUT2D eigenvalue weighted by atomic mass is 16.5. The lowest BCUT2D eigenvalue weighted by Crippen LogP contribution is -2.49. The van der Waals surface area contributed by atoms with Crippen LogP contribution < -0.4 is 5.32 Å². The smallest absolute Gasteiger partial charge is 0.333 e. The summed E-state index contributed by atoms with van der Waals surface area (Å²) in [4.78, 5) is 23.2. The van der Waals surface area contributed by atoms with E-state index in [4.69, 9.17) is 4.74 Å². The molecule has 0 saturated heterocycles. The van der Waals surface area contributed by atoms with Crippen molar-refractivity contribution in [3.63, 3.8) is 0 Å². The third-order valence-corrected chi connectivity index (χ3v) is 2.85. The van der Waals surface area contributed by atoms with Gasteiger partial charge in [0.2, 0.25) is 5.91 Å². The maximum Gasteiger partial charge on any atom is 0.333 e. The Bertz CT molecular complexity index is 432. The van der Waals surface area contributed by atoms with Crippen molar-refractivity contribution in [1.82, 2.24) is 5.32 Å². The van der Waals surface area contributed by atoms with E-state index in [1.54, 1.807) is 30.3 Å². The first-order valence-corrected chi connectivity index (χ1v) is 6.18. The molecule has 0 aliphatic carbocycles. The summed E-state index contributed by atoms with van der Waals surface area (Å²) in [6.45, 7) is 4.13. The second-order valence-corrected chi connectivity index (χ2v) is 4.29. The van der Waals surface area contributed by atoms with Gasteiger partial charge in [-0.3, -0.25) is 4.79 Å². The molecular formula is C14H19NO4. The monoisotopic (exact) mass is 265 g/mol. The normalized spacial score (nSPS) is 13.6. The van der Waals surface area contributed by atoms with Crippen molar-refractivity contribution in [2.75, 3.05) is 13.2 Å². The van der Waals surface area contributed by atoms with Crippen molar-refractivity contribution in [3.05, 3.63) is 35.9 Å². The van der Waals surface area contributed by atoms with Crippen molar-refractivity contribution in [1.29, 1.82) is 0 Å². The molecule has 0 aliphatic rings. The highest BCUT2D eigenvalue weighted by Gasteiger charge is 2.36. The molecule has 0 saturated carbocycles. The summed E-state index contributed by atoms with van der Waals surface area (Å²) >= 11 is 0. The summed E-state index contributed by atoms with van der Waals surface area (Å²) < 4.78 is 5.08. The van der Waals surface area contributed by atoms with Crippen LogP contribution in [-0.4, -0.2) is 30.2 Å². The van der Waals surface area contributed by atoms with Crippen molar-refractivity contribution in [3.8, 4) is 0 Å². The predicted octanol–water partition coefficient (Wildman–Crippen LogP) is 1.53. The van der Waals surface area contributed by atoms with E-state index >= 15 is 0 Å². The number of carboxylic acids is 1. The number of aliphatic carboxylic acids is 1. The molecule has 0 aromatic heterocycles. The second-order valence-electron chi connectivity index (χ2n) is 4.29. The van der Waals surface area contributed by atoms with Crippen LogP contribution >= 0.6 is 0 Å². The Morgan fingerprint density at radius 3 is 2.47 bits per heavy atom. The first-order chi connectivity index (χ1) is 9.00. The molecule has 0 aliphatic heterocycles. The Labute approximate surface area is 112 Å². The molecule has 19 heavy (non-hydrogen) atoms. The molecule has 0 bridgehead atoms. The molecule has 104 valence electrons. The first-order valence-electron chi connectivity index (χ1n) is 6.18. The molecular weight excluding hydrogens is 246 g/mol.